The second-order valence-corrected chi connectivity index (χ2v) is 11.7. The van der Waals surface area contributed by atoms with Gasteiger partial charge in [0.15, 0.2) is 6.23 Å². The molecule has 9 heteroatoms. The summed E-state index contributed by atoms with van der Waals surface area (Å²) in [5.74, 6) is 0.836. The highest BCUT2D eigenvalue weighted by molar-refractivity contribution is 5.93. The molecule has 7 rings (SSSR count). The number of fused-ring (bicyclic) bond motifs is 1. The molecule has 37 heavy (non-hydrogen) atoms. The number of aryl methyl sites for hydroxylation is 1. The van der Waals surface area contributed by atoms with E-state index < -0.39 is 0 Å². The zero-order chi connectivity index (χ0) is 25.2. The highest BCUT2D eigenvalue weighted by Crippen LogP contribution is 2.48. The van der Waals surface area contributed by atoms with Gasteiger partial charge in [-0.25, -0.2) is 9.36 Å². The molecule has 4 aliphatic rings. The van der Waals surface area contributed by atoms with Gasteiger partial charge in [-0.05, 0) is 76.1 Å². The van der Waals surface area contributed by atoms with E-state index in [9.17, 15) is 4.79 Å². The first kappa shape index (κ1) is 23.2. The average Bonchev–Trinajstić information content (AvgIpc) is 3.82. The Bertz CT molecular complexity index is 1400. The number of rotatable bonds is 5. The molecule has 1 atom stereocenters. The topological polar surface area (TPSA) is 83.6 Å². The maximum absolute atomic E-state index is 13.3. The van der Waals surface area contributed by atoms with Gasteiger partial charge in [-0.1, -0.05) is 0 Å². The molecular formula is C28H35N5O4. The molecule has 4 heterocycles. The van der Waals surface area contributed by atoms with Gasteiger partial charge in [-0.15, -0.1) is 0 Å². The highest BCUT2D eigenvalue weighted by atomic mass is 16.5. The zero-order valence-corrected chi connectivity index (χ0v) is 21.7. The highest BCUT2D eigenvalue weighted by Gasteiger charge is 2.46. The molecule has 4 fully saturated rings. The largest absolute Gasteiger partial charge is 0.488 e. The van der Waals surface area contributed by atoms with Crippen LogP contribution in [-0.4, -0.2) is 58.1 Å². The molecule has 196 valence electrons. The lowest BCUT2D eigenvalue weighted by Gasteiger charge is -2.25. The number of ether oxygens (including phenoxy) is 3. The van der Waals surface area contributed by atoms with E-state index in [-0.39, 0.29) is 22.8 Å². The summed E-state index contributed by atoms with van der Waals surface area (Å²) in [4.78, 5) is 15.5. The summed E-state index contributed by atoms with van der Waals surface area (Å²) < 4.78 is 21.8. The van der Waals surface area contributed by atoms with Crippen molar-refractivity contribution in [2.45, 2.75) is 63.7 Å². The molecule has 1 unspecified atom stereocenters. The Kier molecular flexibility index (Phi) is 5.37. The third-order valence-electron chi connectivity index (χ3n) is 8.45. The Morgan fingerprint density at radius 3 is 2.70 bits per heavy atom. The van der Waals surface area contributed by atoms with Crippen LogP contribution < -0.4 is 15.2 Å². The minimum Gasteiger partial charge on any atom is -0.488 e. The molecule has 3 aromatic rings. The molecule has 0 N–H and O–H groups in total. The van der Waals surface area contributed by atoms with Gasteiger partial charge < -0.3 is 19.1 Å². The van der Waals surface area contributed by atoms with E-state index in [1.165, 1.54) is 4.68 Å². The second-order valence-electron chi connectivity index (χ2n) is 11.7. The Balaban J connectivity index is 1.34. The van der Waals surface area contributed by atoms with Gasteiger partial charge in [-0.2, -0.15) is 10.2 Å². The summed E-state index contributed by atoms with van der Waals surface area (Å²) in [5, 5.41) is 10.7. The van der Waals surface area contributed by atoms with Gasteiger partial charge in [0, 0.05) is 37.5 Å². The molecular weight excluding hydrogens is 470 g/mol. The Labute approximate surface area is 216 Å². The van der Waals surface area contributed by atoms with E-state index in [4.69, 9.17) is 19.3 Å². The first-order valence-corrected chi connectivity index (χ1v) is 13.7. The van der Waals surface area contributed by atoms with E-state index in [0.29, 0.717) is 24.5 Å². The standard InChI is InChI=1S/C28H35N5O4/c1-27(8-9-27)37-19-6-7-22-20(15-19)25(30-33(22)24-5-3-4-13-36-24)21-16-23(26(34)31(2)29-21)32-12-14-35-18-28(17-32)10-11-28/h6-7,15-16,24H,3-5,8-14,17-18H2,1-2H3. The van der Waals surface area contributed by atoms with Crippen LogP contribution in [0.3, 0.4) is 0 Å². The fourth-order valence-corrected chi connectivity index (χ4v) is 5.68. The molecule has 9 nitrogen and oxygen atoms in total. The average molecular weight is 506 g/mol. The van der Waals surface area contributed by atoms with Crippen LogP contribution in [0, 0.1) is 5.41 Å². The van der Waals surface area contributed by atoms with Crippen LogP contribution in [0.15, 0.2) is 29.1 Å². The summed E-state index contributed by atoms with van der Waals surface area (Å²) in [5.41, 5.74) is 3.10. The second kappa shape index (κ2) is 8.56. The number of anilines is 1. The Hall–Kier alpha value is -2.91. The van der Waals surface area contributed by atoms with Crippen LogP contribution in [-0.2, 0) is 16.5 Å². The van der Waals surface area contributed by atoms with Crippen LogP contribution in [0.2, 0.25) is 0 Å². The number of benzene rings is 1. The Morgan fingerprint density at radius 2 is 1.95 bits per heavy atom. The van der Waals surface area contributed by atoms with Gasteiger partial charge in [-0.3, -0.25) is 4.79 Å². The monoisotopic (exact) mass is 505 g/mol. The van der Waals surface area contributed by atoms with Crippen molar-refractivity contribution in [3.05, 3.63) is 34.6 Å². The lowest BCUT2D eigenvalue weighted by molar-refractivity contribution is -0.0365. The number of hydrogen-bond acceptors (Lipinski definition) is 7. The summed E-state index contributed by atoms with van der Waals surface area (Å²) in [6.45, 7) is 5.83. The van der Waals surface area contributed by atoms with E-state index in [0.717, 1.165) is 87.1 Å². The van der Waals surface area contributed by atoms with Crippen molar-refractivity contribution in [2.24, 2.45) is 12.5 Å². The minimum atomic E-state index is -0.109. The van der Waals surface area contributed by atoms with Crippen molar-refractivity contribution in [3.8, 4) is 17.1 Å². The van der Waals surface area contributed by atoms with E-state index in [1.54, 1.807) is 7.05 Å². The number of nitrogens with zero attached hydrogens (tertiary/aromatic N) is 5. The van der Waals surface area contributed by atoms with Gasteiger partial charge >= 0.3 is 0 Å². The van der Waals surface area contributed by atoms with Crippen LogP contribution in [0.5, 0.6) is 5.75 Å². The van der Waals surface area contributed by atoms with Gasteiger partial charge in [0.25, 0.3) is 5.56 Å². The maximum Gasteiger partial charge on any atom is 0.290 e. The molecule has 0 amide bonds. The van der Waals surface area contributed by atoms with Gasteiger partial charge in [0.1, 0.15) is 28.4 Å². The van der Waals surface area contributed by atoms with E-state index >= 15 is 0 Å². The van der Waals surface area contributed by atoms with Crippen LogP contribution in [0.25, 0.3) is 22.3 Å². The van der Waals surface area contributed by atoms with E-state index in [1.807, 2.05) is 16.8 Å². The third-order valence-corrected chi connectivity index (χ3v) is 8.45. The van der Waals surface area contributed by atoms with Crippen molar-refractivity contribution < 1.29 is 14.2 Å². The lowest BCUT2D eigenvalue weighted by atomic mass is 10.1. The van der Waals surface area contributed by atoms with Crippen molar-refractivity contribution in [1.82, 2.24) is 19.6 Å². The smallest absolute Gasteiger partial charge is 0.290 e. The molecule has 0 radical (unpaired) electrons. The lowest BCUT2D eigenvalue weighted by Crippen LogP contribution is -2.37. The summed E-state index contributed by atoms with van der Waals surface area (Å²) in [7, 11) is 1.72. The summed E-state index contributed by atoms with van der Waals surface area (Å²) in [6.07, 6.45) is 7.45. The minimum absolute atomic E-state index is 0.0774. The first-order chi connectivity index (χ1) is 17.9. The van der Waals surface area contributed by atoms with Gasteiger partial charge in [0.2, 0.25) is 0 Å². The molecule has 2 saturated carbocycles. The van der Waals surface area contributed by atoms with E-state index in [2.05, 4.69) is 29.1 Å². The molecule has 1 spiro atoms. The van der Waals surface area contributed by atoms with Crippen molar-refractivity contribution in [1.29, 1.82) is 0 Å². The number of aromatic nitrogens is 4. The molecule has 2 aromatic heterocycles. The maximum atomic E-state index is 13.3. The zero-order valence-electron chi connectivity index (χ0n) is 21.7. The summed E-state index contributed by atoms with van der Waals surface area (Å²) >= 11 is 0. The fraction of sp³-hybridized carbons (Fsp3) is 0.607. The number of hydrogen-bond donors (Lipinski definition) is 0. The van der Waals surface area contributed by atoms with Crippen molar-refractivity contribution >= 4 is 16.6 Å². The quantitative estimate of drug-likeness (QED) is 0.517. The van der Waals surface area contributed by atoms with Crippen LogP contribution in [0.4, 0.5) is 5.69 Å². The van der Waals surface area contributed by atoms with Crippen LogP contribution in [0.1, 0.15) is 58.1 Å². The predicted molar refractivity (Wildman–Crippen MR) is 140 cm³/mol. The van der Waals surface area contributed by atoms with Crippen molar-refractivity contribution in [2.75, 3.05) is 37.8 Å². The normalized spacial score (nSPS) is 24.3. The van der Waals surface area contributed by atoms with Crippen molar-refractivity contribution in [3.63, 3.8) is 0 Å². The molecule has 2 aliphatic carbocycles. The summed E-state index contributed by atoms with van der Waals surface area (Å²) in [6, 6.07) is 8.11. The molecule has 2 aliphatic heterocycles. The molecule has 2 saturated heterocycles. The third kappa shape index (κ3) is 4.32. The van der Waals surface area contributed by atoms with Gasteiger partial charge in [0.05, 0.1) is 18.7 Å². The fourth-order valence-electron chi connectivity index (χ4n) is 5.68. The molecule has 1 aromatic carbocycles. The van der Waals surface area contributed by atoms with Crippen LogP contribution >= 0.6 is 0 Å². The Morgan fingerprint density at radius 1 is 1.08 bits per heavy atom. The first-order valence-electron chi connectivity index (χ1n) is 13.7. The SMILES string of the molecule is Cn1nc(-c2nn(C3CCCCO3)c3ccc(OC4(C)CC4)cc23)cc(N2CCOCC3(CC3)C2)c1=O. The predicted octanol–water partition coefficient (Wildman–Crippen LogP) is 4.04. The molecule has 0 bridgehead atoms.